The Bertz CT molecular complexity index is 399. The highest BCUT2D eigenvalue weighted by Crippen LogP contribution is 2.24. The minimum Gasteiger partial charge on any atom is -0.355 e. The summed E-state index contributed by atoms with van der Waals surface area (Å²) in [5, 5.41) is 4.05. The van der Waals surface area contributed by atoms with Crippen molar-refractivity contribution in [3.05, 3.63) is 33.8 Å². The molecule has 1 rings (SSSR count). The monoisotopic (exact) mass is 305 g/mol. The lowest BCUT2D eigenvalue weighted by atomic mass is 10.2. The molecule has 5 heteroatoms. The zero-order valence-corrected chi connectivity index (χ0v) is 12.7. The molecule has 0 unspecified atom stereocenters. The second-order valence-electron chi connectivity index (χ2n) is 3.90. The summed E-state index contributed by atoms with van der Waals surface area (Å²) in [6.07, 6.45) is 1.50. The van der Waals surface area contributed by atoms with Gasteiger partial charge in [0.1, 0.15) is 0 Å². The van der Waals surface area contributed by atoms with Crippen LogP contribution in [-0.2, 0) is 10.5 Å². The lowest BCUT2D eigenvalue weighted by Crippen LogP contribution is -2.25. The third-order valence-corrected chi connectivity index (χ3v) is 4.07. The fraction of sp³-hybridized carbons (Fsp3) is 0.462. The van der Waals surface area contributed by atoms with E-state index in [1.54, 1.807) is 11.8 Å². The van der Waals surface area contributed by atoms with E-state index in [9.17, 15) is 4.79 Å². The summed E-state index contributed by atoms with van der Waals surface area (Å²) in [6.45, 7) is 2.71. The molecule has 1 amide bonds. The van der Waals surface area contributed by atoms with Crippen molar-refractivity contribution in [2.75, 3.05) is 12.3 Å². The number of carbonyl (C=O) groups excluding carboxylic acids is 1. The molecule has 18 heavy (non-hydrogen) atoms. The Labute approximate surface area is 122 Å². The standard InChI is InChI=1S/C13H17Cl2NOS/c1-2-3-13(17)16-6-7-18-9-10-4-5-11(14)12(15)8-10/h4-5,8H,2-3,6-7,9H2,1H3,(H,16,17). The van der Waals surface area contributed by atoms with E-state index in [1.165, 1.54) is 0 Å². The van der Waals surface area contributed by atoms with Gasteiger partial charge in [-0.1, -0.05) is 36.2 Å². The normalized spacial score (nSPS) is 10.4. The van der Waals surface area contributed by atoms with Gasteiger partial charge in [-0.05, 0) is 24.1 Å². The summed E-state index contributed by atoms with van der Waals surface area (Å²) >= 11 is 13.5. The minimum atomic E-state index is 0.132. The third kappa shape index (κ3) is 5.98. The molecule has 0 fully saturated rings. The zero-order valence-electron chi connectivity index (χ0n) is 10.3. The van der Waals surface area contributed by atoms with Gasteiger partial charge in [0, 0.05) is 24.5 Å². The van der Waals surface area contributed by atoms with Gasteiger partial charge in [-0.2, -0.15) is 11.8 Å². The Balaban J connectivity index is 2.18. The topological polar surface area (TPSA) is 29.1 Å². The average molecular weight is 306 g/mol. The SMILES string of the molecule is CCCC(=O)NCCSCc1ccc(Cl)c(Cl)c1. The predicted molar refractivity (Wildman–Crippen MR) is 80.5 cm³/mol. The van der Waals surface area contributed by atoms with Gasteiger partial charge in [-0.25, -0.2) is 0 Å². The number of halogens is 2. The highest BCUT2D eigenvalue weighted by molar-refractivity contribution is 7.98. The van der Waals surface area contributed by atoms with Crippen molar-refractivity contribution in [3.8, 4) is 0 Å². The summed E-state index contributed by atoms with van der Waals surface area (Å²) in [7, 11) is 0. The minimum absolute atomic E-state index is 0.132. The van der Waals surface area contributed by atoms with E-state index in [4.69, 9.17) is 23.2 Å². The van der Waals surface area contributed by atoms with Crippen LogP contribution in [0.2, 0.25) is 10.0 Å². The average Bonchev–Trinajstić information content (AvgIpc) is 2.33. The fourth-order valence-electron chi connectivity index (χ4n) is 1.40. The first kappa shape index (κ1) is 15.7. The maximum atomic E-state index is 11.2. The van der Waals surface area contributed by atoms with Gasteiger partial charge in [0.05, 0.1) is 10.0 Å². The molecule has 1 aromatic carbocycles. The first-order chi connectivity index (χ1) is 8.63. The Morgan fingerprint density at radius 3 is 2.78 bits per heavy atom. The second-order valence-corrected chi connectivity index (χ2v) is 5.82. The maximum Gasteiger partial charge on any atom is 0.220 e. The first-order valence-corrected chi connectivity index (χ1v) is 7.83. The Kier molecular flexibility index (Phi) is 7.56. The van der Waals surface area contributed by atoms with E-state index in [-0.39, 0.29) is 5.91 Å². The van der Waals surface area contributed by atoms with E-state index in [0.717, 1.165) is 23.5 Å². The summed E-state index contributed by atoms with van der Waals surface area (Å²) in [5.74, 6) is 1.91. The van der Waals surface area contributed by atoms with Crippen LogP contribution in [0.1, 0.15) is 25.3 Å². The molecule has 0 aliphatic rings. The Hall–Kier alpha value is -0.380. The summed E-state index contributed by atoms with van der Waals surface area (Å²) in [6, 6.07) is 5.66. The van der Waals surface area contributed by atoms with Crippen molar-refractivity contribution in [3.63, 3.8) is 0 Å². The van der Waals surface area contributed by atoms with Crippen LogP contribution in [0.3, 0.4) is 0 Å². The number of rotatable bonds is 7. The molecular weight excluding hydrogens is 289 g/mol. The summed E-state index contributed by atoms with van der Waals surface area (Å²) < 4.78 is 0. The predicted octanol–water partition coefficient (Wildman–Crippen LogP) is 4.14. The number of hydrogen-bond donors (Lipinski definition) is 1. The highest BCUT2D eigenvalue weighted by atomic mass is 35.5. The second kappa shape index (κ2) is 8.68. The van der Waals surface area contributed by atoms with Gasteiger partial charge in [-0.15, -0.1) is 0 Å². The molecule has 1 N–H and O–H groups in total. The Morgan fingerprint density at radius 1 is 1.33 bits per heavy atom. The largest absolute Gasteiger partial charge is 0.355 e. The number of amides is 1. The molecule has 0 bridgehead atoms. The van der Waals surface area contributed by atoms with Crippen LogP contribution in [-0.4, -0.2) is 18.2 Å². The lowest BCUT2D eigenvalue weighted by molar-refractivity contribution is -0.120. The van der Waals surface area contributed by atoms with E-state index in [2.05, 4.69) is 5.32 Å². The highest BCUT2D eigenvalue weighted by Gasteiger charge is 2.01. The number of carbonyl (C=O) groups is 1. The van der Waals surface area contributed by atoms with Gasteiger partial charge in [0.25, 0.3) is 0 Å². The van der Waals surface area contributed by atoms with E-state index in [0.29, 0.717) is 23.0 Å². The Morgan fingerprint density at radius 2 is 2.11 bits per heavy atom. The summed E-state index contributed by atoms with van der Waals surface area (Å²) in [4.78, 5) is 11.2. The molecule has 0 spiro atoms. The van der Waals surface area contributed by atoms with E-state index in [1.807, 2.05) is 25.1 Å². The van der Waals surface area contributed by atoms with E-state index < -0.39 is 0 Å². The van der Waals surface area contributed by atoms with Gasteiger partial charge < -0.3 is 5.32 Å². The van der Waals surface area contributed by atoms with Crippen LogP contribution >= 0.6 is 35.0 Å². The molecule has 0 saturated heterocycles. The molecule has 0 saturated carbocycles. The fourth-order valence-corrected chi connectivity index (χ4v) is 2.52. The molecule has 2 nitrogen and oxygen atoms in total. The molecule has 0 aliphatic carbocycles. The van der Waals surface area contributed by atoms with Crippen molar-refractivity contribution < 1.29 is 4.79 Å². The van der Waals surface area contributed by atoms with Gasteiger partial charge in [-0.3, -0.25) is 4.79 Å². The van der Waals surface area contributed by atoms with Crippen molar-refractivity contribution in [2.24, 2.45) is 0 Å². The van der Waals surface area contributed by atoms with Crippen molar-refractivity contribution >= 4 is 40.9 Å². The number of thioether (sulfide) groups is 1. The molecule has 0 heterocycles. The van der Waals surface area contributed by atoms with Crippen LogP contribution in [0.25, 0.3) is 0 Å². The molecule has 100 valence electrons. The van der Waals surface area contributed by atoms with Crippen LogP contribution in [0.4, 0.5) is 0 Å². The first-order valence-electron chi connectivity index (χ1n) is 5.92. The molecule has 0 radical (unpaired) electrons. The molecule has 0 aliphatic heterocycles. The van der Waals surface area contributed by atoms with E-state index >= 15 is 0 Å². The van der Waals surface area contributed by atoms with Crippen LogP contribution in [0.5, 0.6) is 0 Å². The van der Waals surface area contributed by atoms with Gasteiger partial charge in [0.15, 0.2) is 0 Å². The van der Waals surface area contributed by atoms with Crippen LogP contribution in [0.15, 0.2) is 18.2 Å². The van der Waals surface area contributed by atoms with Crippen molar-refractivity contribution in [1.29, 1.82) is 0 Å². The van der Waals surface area contributed by atoms with Gasteiger partial charge >= 0.3 is 0 Å². The summed E-state index contributed by atoms with van der Waals surface area (Å²) in [5.41, 5.74) is 1.15. The molecule has 1 aromatic rings. The maximum absolute atomic E-state index is 11.2. The number of benzene rings is 1. The van der Waals surface area contributed by atoms with Crippen LogP contribution in [0, 0.1) is 0 Å². The lowest BCUT2D eigenvalue weighted by Gasteiger charge is -2.05. The number of nitrogens with one attached hydrogen (secondary N) is 1. The third-order valence-electron chi connectivity index (χ3n) is 2.30. The molecule has 0 atom stereocenters. The zero-order chi connectivity index (χ0) is 13.4. The smallest absolute Gasteiger partial charge is 0.220 e. The van der Waals surface area contributed by atoms with Crippen molar-refractivity contribution in [2.45, 2.75) is 25.5 Å². The number of hydrogen-bond acceptors (Lipinski definition) is 2. The van der Waals surface area contributed by atoms with Gasteiger partial charge in [0.2, 0.25) is 5.91 Å². The quantitative estimate of drug-likeness (QED) is 0.767. The molecular formula is C13H17Cl2NOS. The molecule has 0 aromatic heterocycles. The van der Waals surface area contributed by atoms with Crippen molar-refractivity contribution in [1.82, 2.24) is 5.32 Å². The van der Waals surface area contributed by atoms with Crippen LogP contribution < -0.4 is 5.32 Å².